The van der Waals surface area contributed by atoms with Crippen LogP contribution in [0.1, 0.15) is 62.3 Å². The molecule has 2 saturated heterocycles. The van der Waals surface area contributed by atoms with E-state index in [2.05, 4.69) is 0 Å². The molecule has 6 heteroatoms. The second-order valence-electron chi connectivity index (χ2n) is 7.57. The Hall–Kier alpha value is 0.230. The number of hydrogen-bond donors (Lipinski definition) is 0. The standard InChI is InChI=1S/C14H29O5P/c1-10-15-20(16-11(2,3)12(4,5)17-20)18-13(6,7)14(8,9)19-20/h10H2,1-9H3. The summed E-state index contributed by atoms with van der Waals surface area (Å²) < 4.78 is 30.9. The maximum absolute atomic E-state index is 6.25. The summed E-state index contributed by atoms with van der Waals surface area (Å²) in [6, 6.07) is 0. The van der Waals surface area contributed by atoms with E-state index in [1.807, 2.05) is 62.3 Å². The maximum atomic E-state index is 6.25. The van der Waals surface area contributed by atoms with Gasteiger partial charge in [-0.05, 0) is 0 Å². The second kappa shape index (κ2) is 3.95. The molecule has 1 spiro atoms. The van der Waals surface area contributed by atoms with Crippen LogP contribution in [0.5, 0.6) is 0 Å². The van der Waals surface area contributed by atoms with Crippen LogP contribution < -0.4 is 0 Å². The molecule has 2 aliphatic heterocycles. The summed E-state index contributed by atoms with van der Waals surface area (Å²) in [6.07, 6.45) is 0. The van der Waals surface area contributed by atoms with Crippen LogP contribution >= 0.6 is 7.74 Å². The molecule has 2 fully saturated rings. The third kappa shape index (κ3) is 2.06. The second-order valence-corrected chi connectivity index (χ2v) is 10.0. The van der Waals surface area contributed by atoms with Gasteiger partial charge in [0.25, 0.3) is 0 Å². The van der Waals surface area contributed by atoms with Gasteiger partial charge in [-0.25, -0.2) is 0 Å². The van der Waals surface area contributed by atoms with Gasteiger partial charge in [0.05, 0.1) is 0 Å². The molecular formula is C14H29O5P. The fourth-order valence-electron chi connectivity index (χ4n) is 2.36. The van der Waals surface area contributed by atoms with Gasteiger partial charge in [-0.15, -0.1) is 0 Å². The van der Waals surface area contributed by atoms with Gasteiger partial charge >= 0.3 is 122 Å². The molecule has 20 heavy (non-hydrogen) atoms. The van der Waals surface area contributed by atoms with Crippen LogP contribution in [0.2, 0.25) is 0 Å². The Kier molecular flexibility index (Phi) is 3.28. The summed E-state index contributed by atoms with van der Waals surface area (Å²) in [5.74, 6) is 0. The minimum atomic E-state index is -4.05. The van der Waals surface area contributed by atoms with E-state index in [9.17, 15) is 0 Å². The van der Waals surface area contributed by atoms with Crippen molar-refractivity contribution < 1.29 is 22.6 Å². The van der Waals surface area contributed by atoms with Crippen LogP contribution in [-0.2, 0) is 22.6 Å². The van der Waals surface area contributed by atoms with Gasteiger partial charge in [0, 0.05) is 0 Å². The van der Waals surface area contributed by atoms with E-state index < -0.39 is 30.1 Å². The zero-order chi connectivity index (χ0) is 15.7. The summed E-state index contributed by atoms with van der Waals surface area (Å²) in [6.45, 7) is 18.1. The van der Waals surface area contributed by atoms with E-state index >= 15 is 0 Å². The first-order chi connectivity index (χ1) is 8.70. The molecule has 0 radical (unpaired) electrons. The van der Waals surface area contributed by atoms with E-state index in [-0.39, 0.29) is 0 Å². The van der Waals surface area contributed by atoms with Crippen LogP contribution in [0.25, 0.3) is 0 Å². The van der Waals surface area contributed by atoms with Crippen molar-refractivity contribution in [1.29, 1.82) is 0 Å². The van der Waals surface area contributed by atoms with Crippen LogP contribution in [0.3, 0.4) is 0 Å². The fourth-order valence-corrected chi connectivity index (χ4v) is 7.08. The minimum absolute atomic E-state index is 0.399. The van der Waals surface area contributed by atoms with Crippen LogP contribution in [0, 0.1) is 0 Å². The Morgan fingerprint density at radius 1 is 0.650 bits per heavy atom. The average molecular weight is 308 g/mol. The third-order valence-corrected chi connectivity index (χ3v) is 8.45. The topological polar surface area (TPSA) is 46.2 Å². The number of hydrogen-bond acceptors (Lipinski definition) is 5. The molecule has 0 amide bonds. The van der Waals surface area contributed by atoms with Gasteiger partial charge in [0.2, 0.25) is 0 Å². The van der Waals surface area contributed by atoms with Crippen molar-refractivity contribution in [2.75, 3.05) is 6.61 Å². The van der Waals surface area contributed by atoms with E-state index in [0.717, 1.165) is 0 Å². The van der Waals surface area contributed by atoms with Crippen LogP contribution in [-0.4, -0.2) is 29.0 Å². The molecule has 0 aromatic carbocycles. The van der Waals surface area contributed by atoms with Crippen molar-refractivity contribution >= 4 is 7.74 Å². The fraction of sp³-hybridized carbons (Fsp3) is 1.00. The normalized spacial score (nSPS) is 36.5. The van der Waals surface area contributed by atoms with E-state index in [1.54, 1.807) is 0 Å². The molecule has 0 aromatic heterocycles. The van der Waals surface area contributed by atoms with E-state index in [4.69, 9.17) is 22.6 Å². The molecule has 0 aromatic rings. The Morgan fingerprint density at radius 3 is 1.10 bits per heavy atom. The van der Waals surface area contributed by atoms with Crippen molar-refractivity contribution in [3.8, 4) is 0 Å². The molecule has 0 aliphatic carbocycles. The molecular weight excluding hydrogens is 279 g/mol. The van der Waals surface area contributed by atoms with Crippen LogP contribution in [0.15, 0.2) is 0 Å². The zero-order valence-corrected chi connectivity index (χ0v) is 15.1. The predicted octanol–water partition coefficient (Wildman–Crippen LogP) is 4.36. The predicted molar refractivity (Wildman–Crippen MR) is 79.2 cm³/mol. The van der Waals surface area contributed by atoms with Crippen molar-refractivity contribution in [3.63, 3.8) is 0 Å². The summed E-state index contributed by atoms with van der Waals surface area (Å²) in [5, 5.41) is 0. The van der Waals surface area contributed by atoms with Crippen molar-refractivity contribution in [2.45, 2.75) is 84.7 Å². The van der Waals surface area contributed by atoms with E-state index in [0.29, 0.717) is 6.61 Å². The summed E-state index contributed by atoms with van der Waals surface area (Å²) in [4.78, 5) is 0. The Bertz CT molecular complexity index is 352. The third-order valence-electron chi connectivity index (χ3n) is 4.75. The molecule has 2 aliphatic rings. The Morgan fingerprint density at radius 2 is 0.900 bits per heavy atom. The molecule has 0 atom stereocenters. The first-order valence-corrected chi connectivity index (χ1v) is 9.05. The SMILES string of the molecule is CCOP12(OC(C)(C)C(C)(C)O1)OC(C)(C)C(C)(C)O2. The van der Waals surface area contributed by atoms with Crippen molar-refractivity contribution in [2.24, 2.45) is 0 Å². The quantitative estimate of drug-likeness (QED) is 0.709. The molecule has 2 rings (SSSR count). The van der Waals surface area contributed by atoms with Gasteiger partial charge in [-0.2, -0.15) is 0 Å². The monoisotopic (exact) mass is 308 g/mol. The molecule has 120 valence electrons. The first kappa shape index (κ1) is 16.6. The van der Waals surface area contributed by atoms with Gasteiger partial charge in [0.1, 0.15) is 0 Å². The average Bonchev–Trinajstić information content (AvgIpc) is 2.34. The molecule has 0 saturated carbocycles. The summed E-state index contributed by atoms with van der Waals surface area (Å²) in [7, 11) is -4.05. The van der Waals surface area contributed by atoms with E-state index in [1.165, 1.54) is 0 Å². The van der Waals surface area contributed by atoms with Gasteiger partial charge < -0.3 is 0 Å². The van der Waals surface area contributed by atoms with Gasteiger partial charge in [0.15, 0.2) is 0 Å². The first-order valence-electron chi connectivity index (χ1n) is 7.23. The number of rotatable bonds is 2. The summed E-state index contributed by atoms with van der Waals surface area (Å²) >= 11 is 0. The summed E-state index contributed by atoms with van der Waals surface area (Å²) in [5.41, 5.74) is -2.29. The van der Waals surface area contributed by atoms with Crippen molar-refractivity contribution in [3.05, 3.63) is 0 Å². The van der Waals surface area contributed by atoms with Crippen molar-refractivity contribution in [1.82, 2.24) is 0 Å². The molecule has 2 heterocycles. The van der Waals surface area contributed by atoms with Gasteiger partial charge in [-0.1, -0.05) is 0 Å². The molecule has 0 unspecified atom stereocenters. The van der Waals surface area contributed by atoms with Gasteiger partial charge in [-0.3, -0.25) is 0 Å². The zero-order valence-electron chi connectivity index (χ0n) is 14.2. The molecule has 0 N–H and O–H groups in total. The Labute approximate surface area is 122 Å². The molecule has 5 nitrogen and oxygen atoms in total. The van der Waals surface area contributed by atoms with Crippen LogP contribution in [0.4, 0.5) is 0 Å². The molecule has 0 bridgehead atoms. The Balaban J connectivity index is 2.55.